The molecular formula is C30H26N8O. The number of para-hydroxylation sites is 1. The Balaban J connectivity index is 1.48. The lowest BCUT2D eigenvalue weighted by Gasteiger charge is -2.21. The zero-order valence-corrected chi connectivity index (χ0v) is 21.6. The highest BCUT2D eigenvalue weighted by atomic mass is 16.1. The van der Waals surface area contributed by atoms with Gasteiger partial charge in [0.25, 0.3) is 5.56 Å². The molecule has 39 heavy (non-hydrogen) atoms. The van der Waals surface area contributed by atoms with E-state index in [0.29, 0.717) is 29.1 Å². The van der Waals surface area contributed by atoms with Gasteiger partial charge < -0.3 is 9.99 Å². The summed E-state index contributed by atoms with van der Waals surface area (Å²) in [6.45, 7) is 4.63. The van der Waals surface area contributed by atoms with E-state index in [1.807, 2.05) is 86.8 Å². The van der Waals surface area contributed by atoms with Crippen molar-refractivity contribution in [2.75, 3.05) is 11.6 Å². The van der Waals surface area contributed by atoms with Gasteiger partial charge in [-0.25, -0.2) is 20.5 Å². The largest absolute Gasteiger partial charge is 0.361 e. The highest BCUT2D eigenvalue weighted by Crippen LogP contribution is 2.41. The SMILES string of the molecule is Cc1ccccc1-n1c(Cn2nc(-c3cccc4[nH]ccc34)c3c2N=CCN3N)nc2cccc(C)c2c1=O. The van der Waals surface area contributed by atoms with Gasteiger partial charge in [0.1, 0.15) is 23.8 Å². The van der Waals surface area contributed by atoms with Gasteiger partial charge in [0.05, 0.1) is 23.1 Å². The van der Waals surface area contributed by atoms with E-state index < -0.39 is 0 Å². The van der Waals surface area contributed by atoms with Crippen molar-refractivity contribution < 1.29 is 0 Å². The lowest BCUT2D eigenvalue weighted by Crippen LogP contribution is -2.34. The molecule has 3 aromatic carbocycles. The maximum atomic E-state index is 14.0. The first kappa shape index (κ1) is 23.1. The number of nitrogens with two attached hydrogens (primary N) is 1. The van der Waals surface area contributed by atoms with Crippen LogP contribution in [0, 0.1) is 13.8 Å². The Morgan fingerprint density at radius 2 is 1.79 bits per heavy atom. The number of hydrogen-bond donors (Lipinski definition) is 2. The number of aromatic nitrogens is 5. The van der Waals surface area contributed by atoms with Crippen molar-refractivity contribution in [1.82, 2.24) is 24.3 Å². The van der Waals surface area contributed by atoms with Gasteiger partial charge >= 0.3 is 0 Å². The van der Waals surface area contributed by atoms with Crippen LogP contribution in [0.3, 0.4) is 0 Å². The topological polar surface area (TPSA) is 110 Å². The molecule has 1 aliphatic heterocycles. The van der Waals surface area contributed by atoms with Gasteiger partial charge in [0.15, 0.2) is 5.82 Å². The fraction of sp³-hybridized carbons (Fsp3) is 0.133. The molecule has 6 aromatic rings. The fourth-order valence-electron chi connectivity index (χ4n) is 5.47. The Hall–Kier alpha value is -5.02. The maximum Gasteiger partial charge on any atom is 0.266 e. The molecule has 0 aliphatic carbocycles. The number of nitrogens with one attached hydrogen (secondary N) is 1. The van der Waals surface area contributed by atoms with E-state index in [1.54, 1.807) is 20.5 Å². The van der Waals surface area contributed by atoms with Crippen molar-refractivity contribution in [3.8, 4) is 16.9 Å². The lowest BCUT2D eigenvalue weighted by molar-refractivity contribution is 0.640. The first-order chi connectivity index (χ1) is 19.0. The third kappa shape index (κ3) is 3.58. The summed E-state index contributed by atoms with van der Waals surface area (Å²) in [5.41, 5.74) is 6.64. The number of H-pyrrole nitrogens is 1. The Morgan fingerprint density at radius 1 is 0.974 bits per heavy atom. The van der Waals surface area contributed by atoms with Crippen LogP contribution in [0.5, 0.6) is 0 Å². The number of nitrogens with zero attached hydrogens (tertiary/aromatic N) is 6. The number of aliphatic imine (C=N–C) groups is 1. The minimum atomic E-state index is -0.107. The molecule has 0 atom stereocenters. The molecule has 0 fully saturated rings. The van der Waals surface area contributed by atoms with Crippen LogP contribution >= 0.6 is 0 Å². The van der Waals surface area contributed by atoms with Crippen LogP contribution < -0.4 is 16.4 Å². The highest BCUT2D eigenvalue weighted by Gasteiger charge is 2.27. The summed E-state index contributed by atoms with van der Waals surface area (Å²) in [4.78, 5) is 27.0. The van der Waals surface area contributed by atoms with Crippen molar-refractivity contribution in [3.05, 3.63) is 100 Å². The maximum absolute atomic E-state index is 14.0. The third-order valence-electron chi connectivity index (χ3n) is 7.35. The van der Waals surface area contributed by atoms with E-state index in [9.17, 15) is 4.79 Å². The Labute approximate surface area is 223 Å². The van der Waals surface area contributed by atoms with Crippen LogP contribution in [-0.4, -0.2) is 37.1 Å². The number of benzene rings is 3. The second-order valence-electron chi connectivity index (χ2n) is 9.81. The van der Waals surface area contributed by atoms with Crippen LogP contribution in [0.4, 0.5) is 11.5 Å². The number of anilines is 1. The summed E-state index contributed by atoms with van der Waals surface area (Å²) in [6.07, 6.45) is 3.69. The third-order valence-corrected chi connectivity index (χ3v) is 7.35. The number of rotatable bonds is 4. The standard InChI is InChI=1S/C30H26N8O/c1-18-7-3-4-12-24(18)38-25(34-23-11-5-8-19(2)26(23)30(38)39)17-37-29-28(36(31)16-15-33-29)27(35-37)21-9-6-10-22-20(21)13-14-32-22/h3-15,32H,16-17,31H2,1-2H3. The molecule has 4 heterocycles. The van der Waals surface area contributed by atoms with E-state index in [2.05, 4.69) is 4.98 Å². The van der Waals surface area contributed by atoms with Crippen LogP contribution in [-0.2, 0) is 6.54 Å². The molecule has 0 saturated heterocycles. The van der Waals surface area contributed by atoms with Crippen molar-refractivity contribution >= 4 is 39.5 Å². The number of aromatic amines is 1. The summed E-state index contributed by atoms with van der Waals surface area (Å²) in [6, 6.07) is 21.7. The van der Waals surface area contributed by atoms with Gasteiger partial charge in [-0.2, -0.15) is 5.10 Å². The van der Waals surface area contributed by atoms with Crippen LogP contribution in [0.1, 0.15) is 17.0 Å². The van der Waals surface area contributed by atoms with Crippen molar-refractivity contribution in [1.29, 1.82) is 0 Å². The molecule has 3 N–H and O–H groups in total. The van der Waals surface area contributed by atoms with Crippen LogP contribution in [0.2, 0.25) is 0 Å². The summed E-state index contributed by atoms with van der Waals surface area (Å²) < 4.78 is 3.50. The second-order valence-corrected chi connectivity index (χ2v) is 9.81. The summed E-state index contributed by atoms with van der Waals surface area (Å²) in [7, 11) is 0. The average Bonchev–Trinajstić information content (AvgIpc) is 3.55. The summed E-state index contributed by atoms with van der Waals surface area (Å²) >= 11 is 0. The summed E-state index contributed by atoms with van der Waals surface area (Å²) in [5.74, 6) is 7.67. The molecule has 0 saturated carbocycles. The zero-order valence-electron chi connectivity index (χ0n) is 21.6. The van der Waals surface area contributed by atoms with E-state index >= 15 is 0 Å². The van der Waals surface area contributed by atoms with E-state index in [0.717, 1.165) is 44.7 Å². The van der Waals surface area contributed by atoms with E-state index in [-0.39, 0.29) is 12.1 Å². The van der Waals surface area contributed by atoms with E-state index in [4.69, 9.17) is 20.9 Å². The molecular weight excluding hydrogens is 488 g/mol. The molecule has 7 rings (SSSR count). The molecule has 3 aromatic heterocycles. The molecule has 0 bridgehead atoms. The van der Waals surface area contributed by atoms with E-state index in [1.165, 1.54) is 0 Å². The molecule has 0 amide bonds. The van der Waals surface area contributed by atoms with Gasteiger partial charge in [-0.05, 0) is 49.2 Å². The quantitative estimate of drug-likeness (QED) is 0.329. The monoisotopic (exact) mass is 514 g/mol. The van der Waals surface area contributed by atoms with Crippen molar-refractivity contribution in [2.24, 2.45) is 10.8 Å². The van der Waals surface area contributed by atoms with Gasteiger partial charge in [-0.1, -0.05) is 42.5 Å². The smallest absolute Gasteiger partial charge is 0.266 e. The van der Waals surface area contributed by atoms with Gasteiger partial charge in [-0.15, -0.1) is 0 Å². The number of hydrogen-bond acceptors (Lipinski definition) is 6. The van der Waals surface area contributed by atoms with Gasteiger partial charge in [-0.3, -0.25) is 9.36 Å². The highest BCUT2D eigenvalue weighted by molar-refractivity contribution is 6.00. The molecule has 9 heteroatoms. The fourth-order valence-corrected chi connectivity index (χ4v) is 5.47. The Kier molecular flexibility index (Phi) is 5.21. The minimum Gasteiger partial charge on any atom is -0.361 e. The number of fused-ring (bicyclic) bond motifs is 3. The molecule has 9 nitrogen and oxygen atoms in total. The predicted octanol–water partition coefficient (Wildman–Crippen LogP) is 4.79. The molecule has 1 aliphatic rings. The first-order valence-electron chi connectivity index (χ1n) is 12.8. The molecule has 0 radical (unpaired) electrons. The van der Waals surface area contributed by atoms with Crippen LogP contribution in [0.25, 0.3) is 38.8 Å². The Bertz CT molecular complexity index is 1990. The predicted molar refractivity (Wildman–Crippen MR) is 155 cm³/mol. The molecule has 0 unspecified atom stereocenters. The Morgan fingerprint density at radius 3 is 2.67 bits per heavy atom. The number of hydrazine groups is 1. The molecule has 192 valence electrons. The average molecular weight is 515 g/mol. The number of aryl methyl sites for hydroxylation is 2. The normalized spacial score (nSPS) is 12.9. The van der Waals surface area contributed by atoms with Crippen molar-refractivity contribution in [2.45, 2.75) is 20.4 Å². The van der Waals surface area contributed by atoms with Gasteiger partial charge in [0.2, 0.25) is 0 Å². The second kappa shape index (κ2) is 8.78. The zero-order chi connectivity index (χ0) is 26.7. The van der Waals surface area contributed by atoms with Gasteiger partial charge in [0, 0.05) is 28.9 Å². The molecule has 0 spiro atoms. The lowest BCUT2D eigenvalue weighted by atomic mass is 10.1. The minimum absolute atomic E-state index is 0.107. The summed E-state index contributed by atoms with van der Waals surface area (Å²) in [5, 5.41) is 8.35. The van der Waals surface area contributed by atoms with Crippen molar-refractivity contribution in [3.63, 3.8) is 0 Å². The first-order valence-corrected chi connectivity index (χ1v) is 12.8. The van der Waals surface area contributed by atoms with Crippen LogP contribution in [0.15, 0.2) is 82.7 Å².